The Morgan fingerprint density at radius 3 is 2.93 bits per heavy atom. The molecule has 0 radical (unpaired) electrons. The number of nitrogens with zero attached hydrogens (tertiary/aromatic N) is 1. The molecular weight excluding hydrogens is 190 g/mol. The first-order valence-corrected chi connectivity index (χ1v) is 5.23. The minimum absolute atomic E-state index is 0.229. The van der Waals surface area contributed by atoms with Crippen molar-refractivity contribution in [1.29, 1.82) is 0 Å². The van der Waals surface area contributed by atoms with E-state index in [1.54, 1.807) is 13.1 Å². The molecule has 4 N–H and O–H groups in total. The van der Waals surface area contributed by atoms with E-state index in [2.05, 4.69) is 10.3 Å². The van der Waals surface area contributed by atoms with Crippen molar-refractivity contribution in [3.05, 3.63) is 17.8 Å². The Balaban J connectivity index is 2.35. The number of pyridine rings is 1. The minimum atomic E-state index is -0.229. The van der Waals surface area contributed by atoms with Crippen LogP contribution in [0.1, 0.15) is 25.3 Å². The minimum Gasteiger partial charge on any atom is -0.397 e. The first kappa shape index (κ1) is 11.8. The van der Waals surface area contributed by atoms with E-state index in [-0.39, 0.29) is 6.10 Å². The highest BCUT2D eigenvalue weighted by molar-refractivity contribution is 5.50. The monoisotopic (exact) mass is 209 g/mol. The summed E-state index contributed by atoms with van der Waals surface area (Å²) in [5, 5.41) is 12.3. The molecule has 15 heavy (non-hydrogen) atoms. The Morgan fingerprint density at radius 1 is 1.60 bits per heavy atom. The summed E-state index contributed by atoms with van der Waals surface area (Å²) in [4.78, 5) is 4.16. The normalized spacial score (nSPS) is 12.5. The van der Waals surface area contributed by atoms with Crippen molar-refractivity contribution < 1.29 is 5.11 Å². The van der Waals surface area contributed by atoms with Crippen LogP contribution in [0, 0.1) is 6.92 Å². The largest absolute Gasteiger partial charge is 0.397 e. The van der Waals surface area contributed by atoms with Crippen LogP contribution in [0.5, 0.6) is 0 Å². The molecular formula is C11H19N3O. The lowest BCUT2D eigenvalue weighted by atomic mass is 10.2. The Hall–Kier alpha value is -1.29. The third kappa shape index (κ3) is 4.16. The van der Waals surface area contributed by atoms with Crippen LogP contribution in [0.15, 0.2) is 12.3 Å². The number of aromatic nitrogens is 1. The van der Waals surface area contributed by atoms with Crippen LogP contribution in [0.3, 0.4) is 0 Å². The molecule has 1 unspecified atom stereocenters. The summed E-state index contributed by atoms with van der Waals surface area (Å²) in [6, 6.07) is 1.93. The van der Waals surface area contributed by atoms with Crippen LogP contribution < -0.4 is 11.1 Å². The molecule has 0 spiro atoms. The molecule has 0 fully saturated rings. The molecule has 4 nitrogen and oxygen atoms in total. The van der Waals surface area contributed by atoms with Gasteiger partial charge >= 0.3 is 0 Å². The van der Waals surface area contributed by atoms with Crippen LogP contribution in [0.25, 0.3) is 0 Å². The number of nitrogens with one attached hydrogen (secondary N) is 1. The lowest BCUT2D eigenvalue weighted by Gasteiger charge is -2.08. The Kier molecular flexibility index (Phi) is 4.37. The molecule has 0 saturated heterocycles. The summed E-state index contributed by atoms with van der Waals surface area (Å²) < 4.78 is 0. The van der Waals surface area contributed by atoms with Crippen molar-refractivity contribution in [2.75, 3.05) is 17.6 Å². The molecule has 1 aromatic rings. The molecule has 1 aromatic heterocycles. The van der Waals surface area contributed by atoms with Crippen LogP contribution in [-0.4, -0.2) is 22.7 Å². The van der Waals surface area contributed by atoms with Gasteiger partial charge in [0.2, 0.25) is 0 Å². The SMILES string of the molecule is Cc1cc(NCCCC(C)O)ncc1N. The number of nitrogen functional groups attached to an aromatic ring is 1. The Morgan fingerprint density at radius 2 is 2.33 bits per heavy atom. The number of hydrogen-bond acceptors (Lipinski definition) is 4. The zero-order valence-corrected chi connectivity index (χ0v) is 9.33. The molecule has 0 bridgehead atoms. The molecule has 0 aliphatic heterocycles. The van der Waals surface area contributed by atoms with Crippen molar-refractivity contribution in [1.82, 2.24) is 4.98 Å². The molecule has 0 aromatic carbocycles. The predicted octanol–water partition coefficient (Wildman–Crippen LogP) is 1.55. The quantitative estimate of drug-likeness (QED) is 0.643. The number of aliphatic hydroxyl groups excluding tert-OH is 1. The van der Waals surface area contributed by atoms with Gasteiger partial charge in [0.25, 0.3) is 0 Å². The van der Waals surface area contributed by atoms with Crippen LogP contribution >= 0.6 is 0 Å². The summed E-state index contributed by atoms with van der Waals surface area (Å²) in [6.07, 6.45) is 3.17. The second kappa shape index (κ2) is 5.56. The first-order chi connectivity index (χ1) is 7.09. The van der Waals surface area contributed by atoms with Crippen LogP contribution in [0.4, 0.5) is 11.5 Å². The van der Waals surface area contributed by atoms with Gasteiger partial charge < -0.3 is 16.2 Å². The van der Waals surface area contributed by atoms with Gasteiger partial charge in [-0.1, -0.05) is 0 Å². The van der Waals surface area contributed by atoms with E-state index in [1.165, 1.54) is 0 Å². The van der Waals surface area contributed by atoms with Gasteiger partial charge in [0.15, 0.2) is 0 Å². The smallest absolute Gasteiger partial charge is 0.126 e. The van der Waals surface area contributed by atoms with Crippen molar-refractivity contribution in [3.63, 3.8) is 0 Å². The third-order valence-electron chi connectivity index (χ3n) is 2.26. The maximum atomic E-state index is 9.07. The van der Waals surface area contributed by atoms with Gasteiger partial charge in [-0.05, 0) is 38.3 Å². The molecule has 1 atom stereocenters. The highest BCUT2D eigenvalue weighted by atomic mass is 16.3. The van der Waals surface area contributed by atoms with Crippen molar-refractivity contribution >= 4 is 11.5 Å². The second-order valence-corrected chi connectivity index (χ2v) is 3.84. The number of hydrogen-bond donors (Lipinski definition) is 3. The van der Waals surface area contributed by atoms with Gasteiger partial charge in [-0.15, -0.1) is 0 Å². The van der Waals surface area contributed by atoms with E-state index < -0.39 is 0 Å². The fourth-order valence-electron chi connectivity index (χ4n) is 1.28. The Labute approximate surface area is 90.5 Å². The number of aliphatic hydroxyl groups is 1. The summed E-state index contributed by atoms with van der Waals surface area (Å²) in [5.41, 5.74) is 7.40. The zero-order valence-electron chi connectivity index (χ0n) is 9.33. The highest BCUT2D eigenvalue weighted by Gasteiger charge is 1.98. The van der Waals surface area contributed by atoms with E-state index in [1.807, 2.05) is 13.0 Å². The molecule has 0 saturated carbocycles. The zero-order chi connectivity index (χ0) is 11.3. The van der Waals surface area contributed by atoms with Crippen LogP contribution in [0.2, 0.25) is 0 Å². The second-order valence-electron chi connectivity index (χ2n) is 3.84. The Bertz CT molecular complexity index is 313. The topological polar surface area (TPSA) is 71.2 Å². The molecule has 1 rings (SSSR count). The standard InChI is InChI=1S/C11H19N3O/c1-8-6-11(14-7-10(8)12)13-5-3-4-9(2)15/h6-7,9,15H,3-5,12H2,1-2H3,(H,13,14). The summed E-state index contributed by atoms with van der Waals surface area (Å²) in [7, 11) is 0. The lowest BCUT2D eigenvalue weighted by molar-refractivity contribution is 0.183. The fraction of sp³-hybridized carbons (Fsp3) is 0.545. The predicted molar refractivity (Wildman–Crippen MR) is 62.8 cm³/mol. The van der Waals surface area contributed by atoms with Gasteiger partial charge in [-0.25, -0.2) is 4.98 Å². The molecule has 4 heteroatoms. The summed E-state index contributed by atoms with van der Waals surface area (Å²) in [5.74, 6) is 0.840. The molecule has 0 aliphatic rings. The van der Waals surface area contributed by atoms with Gasteiger partial charge in [0.05, 0.1) is 18.0 Å². The van der Waals surface area contributed by atoms with Gasteiger partial charge in [0, 0.05) is 6.54 Å². The van der Waals surface area contributed by atoms with E-state index in [0.29, 0.717) is 5.69 Å². The van der Waals surface area contributed by atoms with E-state index >= 15 is 0 Å². The summed E-state index contributed by atoms with van der Waals surface area (Å²) in [6.45, 7) is 4.57. The average Bonchev–Trinajstić information content (AvgIpc) is 2.18. The van der Waals surface area contributed by atoms with Gasteiger partial charge in [-0.2, -0.15) is 0 Å². The molecule has 0 aliphatic carbocycles. The lowest BCUT2D eigenvalue weighted by Crippen LogP contribution is -2.07. The molecule has 0 amide bonds. The maximum Gasteiger partial charge on any atom is 0.126 e. The van der Waals surface area contributed by atoms with E-state index in [4.69, 9.17) is 10.8 Å². The fourth-order valence-corrected chi connectivity index (χ4v) is 1.28. The maximum absolute atomic E-state index is 9.07. The van der Waals surface area contributed by atoms with Gasteiger partial charge in [0.1, 0.15) is 5.82 Å². The number of nitrogens with two attached hydrogens (primary N) is 1. The van der Waals surface area contributed by atoms with E-state index in [0.717, 1.165) is 30.8 Å². The number of rotatable bonds is 5. The van der Waals surface area contributed by atoms with Crippen molar-refractivity contribution in [3.8, 4) is 0 Å². The number of anilines is 2. The average molecular weight is 209 g/mol. The molecule has 84 valence electrons. The number of aryl methyl sites for hydroxylation is 1. The highest BCUT2D eigenvalue weighted by Crippen LogP contribution is 2.12. The first-order valence-electron chi connectivity index (χ1n) is 5.23. The third-order valence-corrected chi connectivity index (χ3v) is 2.26. The van der Waals surface area contributed by atoms with E-state index in [9.17, 15) is 0 Å². The van der Waals surface area contributed by atoms with Crippen LogP contribution in [-0.2, 0) is 0 Å². The van der Waals surface area contributed by atoms with Crippen molar-refractivity contribution in [2.45, 2.75) is 32.8 Å². The van der Waals surface area contributed by atoms with Gasteiger partial charge in [-0.3, -0.25) is 0 Å². The molecule has 1 heterocycles. The van der Waals surface area contributed by atoms with Crippen molar-refractivity contribution in [2.24, 2.45) is 0 Å². The summed E-state index contributed by atoms with van der Waals surface area (Å²) >= 11 is 0.